The number of carbonyl (C=O) groups is 1. The van der Waals surface area contributed by atoms with Gasteiger partial charge in [0.15, 0.2) is 0 Å². The zero-order valence-electron chi connectivity index (χ0n) is 11.0. The highest BCUT2D eigenvalue weighted by Gasteiger charge is 2.34. The molecule has 0 aliphatic carbocycles. The fourth-order valence-corrected chi connectivity index (χ4v) is 2.13. The van der Waals surface area contributed by atoms with Gasteiger partial charge in [-0.05, 0) is 26.3 Å². The first kappa shape index (κ1) is 14.0. The van der Waals surface area contributed by atoms with E-state index in [9.17, 15) is 10.1 Å². The van der Waals surface area contributed by atoms with Gasteiger partial charge in [-0.3, -0.25) is 4.79 Å². The van der Waals surface area contributed by atoms with E-state index in [1.165, 1.54) is 0 Å². The lowest BCUT2D eigenvalue weighted by molar-refractivity contribution is -0.123. The van der Waals surface area contributed by atoms with Crippen molar-refractivity contribution in [1.82, 2.24) is 10.2 Å². The Morgan fingerprint density at radius 1 is 1.41 bits per heavy atom. The van der Waals surface area contributed by atoms with E-state index in [0.717, 1.165) is 45.2 Å². The number of rotatable bonds is 5. The molecule has 0 aromatic rings. The molecule has 0 radical (unpaired) electrons. The molecule has 1 heterocycles. The van der Waals surface area contributed by atoms with Crippen LogP contribution in [0.5, 0.6) is 0 Å². The van der Waals surface area contributed by atoms with Gasteiger partial charge < -0.3 is 10.2 Å². The van der Waals surface area contributed by atoms with E-state index in [1.807, 2.05) is 7.05 Å². The van der Waals surface area contributed by atoms with Crippen molar-refractivity contribution in [2.45, 2.75) is 51.0 Å². The van der Waals surface area contributed by atoms with E-state index >= 15 is 0 Å². The molecule has 1 rings (SSSR count). The molecule has 0 aromatic heterocycles. The van der Waals surface area contributed by atoms with Gasteiger partial charge in [0.2, 0.25) is 5.91 Å². The quantitative estimate of drug-likeness (QED) is 0.740. The monoisotopic (exact) mass is 237 g/mol. The third-order valence-corrected chi connectivity index (χ3v) is 3.44. The zero-order chi connectivity index (χ0) is 12.7. The number of hydrogen-bond donors (Lipinski definition) is 1. The van der Waals surface area contributed by atoms with E-state index in [-0.39, 0.29) is 5.91 Å². The summed E-state index contributed by atoms with van der Waals surface area (Å²) in [5.74, 6) is 0.0320. The molecule has 4 heteroatoms. The van der Waals surface area contributed by atoms with Crippen LogP contribution < -0.4 is 5.32 Å². The number of nitrogens with one attached hydrogen (secondary N) is 1. The Morgan fingerprint density at radius 2 is 2.06 bits per heavy atom. The Bertz CT molecular complexity index is 288. The SMILES string of the molecule is CCCCCC(=O)NC1(C#N)CCN(C)CC1. The molecule has 0 saturated carbocycles. The van der Waals surface area contributed by atoms with Crippen LogP contribution in [-0.2, 0) is 4.79 Å². The molecular formula is C13H23N3O. The van der Waals surface area contributed by atoms with E-state index in [4.69, 9.17) is 0 Å². The number of hydrogen-bond acceptors (Lipinski definition) is 3. The summed E-state index contributed by atoms with van der Waals surface area (Å²) in [5.41, 5.74) is -0.615. The Labute approximate surface area is 104 Å². The van der Waals surface area contributed by atoms with E-state index in [0.29, 0.717) is 6.42 Å². The number of carbonyl (C=O) groups excluding carboxylic acids is 1. The molecule has 1 N–H and O–H groups in total. The van der Waals surface area contributed by atoms with Gasteiger partial charge in [-0.15, -0.1) is 0 Å². The lowest BCUT2D eigenvalue weighted by atomic mass is 9.89. The third kappa shape index (κ3) is 4.35. The Balaban J connectivity index is 2.41. The predicted octanol–water partition coefficient (Wildman–Crippen LogP) is 1.67. The van der Waals surface area contributed by atoms with E-state index in [1.54, 1.807) is 0 Å². The van der Waals surface area contributed by atoms with Crippen molar-refractivity contribution in [1.29, 1.82) is 5.26 Å². The van der Waals surface area contributed by atoms with Crippen LogP contribution in [0.1, 0.15) is 45.4 Å². The lowest BCUT2D eigenvalue weighted by Crippen LogP contribution is -2.53. The van der Waals surface area contributed by atoms with Gasteiger partial charge in [0, 0.05) is 19.5 Å². The van der Waals surface area contributed by atoms with Crippen molar-refractivity contribution in [3.63, 3.8) is 0 Å². The minimum atomic E-state index is -0.615. The van der Waals surface area contributed by atoms with Crippen LogP contribution in [0.25, 0.3) is 0 Å². The number of unbranched alkanes of at least 4 members (excludes halogenated alkanes) is 2. The summed E-state index contributed by atoms with van der Waals surface area (Å²) in [5, 5.41) is 12.2. The first-order valence-corrected chi connectivity index (χ1v) is 6.53. The number of likely N-dealkylation sites (tertiary alicyclic amines) is 1. The Hall–Kier alpha value is -1.08. The summed E-state index contributed by atoms with van der Waals surface area (Å²) >= 11 is 0. The second-order valence-electron chi connectivity index (χ2n) is 5.00. The Kier molecular flexibility index (Phi) is 5.43. The number of piperidine rings is 1. The molecule has 1 aliphatic rings. The fourth-order valence-electron chi connectivity index (χ4n) is 2.13. The molecule has 4 nitrogen and oxygen atoms in total. The molecule has 0 aromatic carbocycles. The molecule has 1 saturated heterocycles. The largest absolute Gasteiger partial charge is 0.338 e. The van der Waals surface area contributed by atoms with Crippen molar-refractivity contribution in [2.75, 3.05) is 20.1 Å². The van der Waals surface area contributed by atoms with Crippen LogP contribution in [0.15, 0.2) is 0 Å². The first-order chi connectivity index (χ1) is 8.12. The maximum Gasteiger partial charge on any atom is 0.221 e. The van der Waals surface area contributed by atoms with Crippen molar-refractivity contribution < 1.29 is 4.79 Å². The van der Waals surface area contributed by atoms with Crippen molar-refractivity contribution >= 4 is 5.91 Å². The third-order valence-electron chi connectivity index (χ3n) is 3.44. The van der Waals surface area contributed by atoms with Gasteiger partial charge in [0.05, 0.1) is 6.07 Å². The normalized spacial score (nSPS) is 19.6. The maximum atomic E-state index is 11.8. The molecule has 0 unspecified atom stereocenters. The van der Waals surface area contributed by atoms with Gasteiger partial charge in [-0.1, -0.05) is 19.8 Å². The molecule has 17 heavy (non-hydrogen) atoms. The summed E-state index contributed by atoms with van der Waals surface area (Å²) in [4.78, 5) is 13.9. The summed E-state index contributed by atoms with van der Waals surface area (Å²) in [6, 6.07) is 2.30. The molecule has 96 valence electrons. The average molecular weight is 237 g/mol. The molecule has 1 aliphatic heterocycles. The summed E-state index contributed by atoms with van der Waals surface area (Å²) in [7, 11) is 2.05. The van der Waals surface area contributed by atoms with E-state index in [2.05, 4.69) is 23.2 Å². The summed E-state index contributed by atoms with van der Waals surface area (Å²) < 4.78 is 0. The van der Waals surface area contributed by atoms with Crippen LogP contribution in [0.2, 0.25) is 0 Å². The lowest BCUT2D eigenvalue weighted by Gasteiger charge is -2.36. The average Bonchev–Trinajstić information content (AvgIpc) is 2.33. The zero-order valence-corrected chi connectivity index (χ0v) is 11.0. The second kappa shape index (κ2) is 6.61. The molecule has 1 amide bonds. The number of amides is 1. The maximum absolute atomic E-state index is 11.8. The molecule has 0 spiro atoms. The molecule has 0 atom stereocenters. The highest BCUT2D eigenvalue weighted by atomic mass is 16.1. The predicted molar refractivity (Wildman–Crippen MR) is 67.4 cm³/mol. The summed E-state index contributed by atoms with van der Waals surface area (Å²) in [6.45, 7) is 3.87. The highest BCUT2D eigenvalue weighted by molar-refractivity contribution is 5.77. The van der Waals surface area contributed by atoms with Crippen LogP contribution >= 0.6 is 0 Å². The smallest absolute Gasteiger partial charge is 0.221 e. The van der Waals surface area contributed by atoms with Crippen LogP contribution in [0.4, 0.5) is 0 Å². The van der Waals surface area contributed by atoms with Crippen molar-refractivity contribution in [2.24, 2.45) is 0 Å². The van der Waals surface area contributed by atoms with Gasteiger partial charge in [0.25, 0.3) is 0 Å². The first-order valence-electron chi connectivity index (χ1n) is 6.53. The highest BCUT2D eigenvalue weighted by Crippen LogP contribution is 2.21. The molecular weight excluding hydrogens is 214 g/mol. The van der Waals surface area contributed by atoms with Crippen LogP contribution in [-0.4, -0.2) is 36.5 Å². The van der Waals surface area contributed by atoms with Gasteiger partial charge in [-0.25, -0.2) is 0 Å². The molecule has 1 fully saturated rings. The topological polar surface area (TPSA) is 56.1 Å². The molecule has 0 bridgehead atoms. The van der Waals surface area contributed by atoms with Gasteiger partial charge >= 0.3 is 0 Å². The second-order valence-corrected chi connectivity index (χ2v) is 5.00. The fraction of sp³-hybridized carbons (Fsp3) is 0.846. The summed E-state index contributed by atoms with van der Waals surface area (Å²) in [6.07, 6.45) is 5.13. The van der Waals surface area contributed by atoms with Crippen molar-refractivity contribution in [3.05, 3.63) is 0 Å². The van der Waals surface area contributed by atoms with Crippen molar-refractivity contribution in [3.8, 4) is 6.07 Å². The van der Waals surface area contributed by atoms with Crippen LogP contribution in [0, 0.1) is 11.3 Å². The number of nitriles is 1. The number of nitrogens with zero attached hydrogens (tertiary/aromatic N) is 2. The standard InChI is InChI=1S/C13H23N3O/c1-3-4-5-6-12(17)15-13(11-14)7-9-16(2)10-8-13/h3-10H2,1-2H3,(H,15,17). The Morgan fingerprint density at radius 3 is 2.59 bits per heavy atom. The van der Waals surface area contributed by atoms with E-state index < -0.39 is 5.54 Å². The van der Waals surface area contributed by atoms with Gasteiger partial charge in [-0.2, -0.15) is 5.26 Å². The minimum absolute atomic E-state index is 0.0320. The van der Waals surface area contributed by atoms with Gasteiger partial charge in [0.1, 0.15) is 5.54 Å². The minimum Gasteiger partial charge on any atom is -0.338 e. The van der Waals surface area contributed by atoms with Crippen LogP contribution in [0.3, 0.4) is 0 Å².